The van der Waals surface area contributed by atoms with Gasteiger partial charge in [-0.1, -0.05) is 30.3 Å². The predicted molar refractivity (Wildman–Crippen MR) is 91.3 cm³/mol. The Labute approximate surface area is 139 Å². The summed E-state index contributed by atoms with van der Waals surface area (Å²) in [6.07, 6.45) is 0. The zero-order chi connectivity index (χ0) is 16.9. The number of carbonyl (C=O) groups is 2. The summed E-state index contributed by atoms with van der Waals surface area (Å²) >= 11 is 0. The molecule has 3 rings (SSSR count). The van der Waals surface area contributed by atoms with Gasteiger partial charge in [0.2, 0.25) is 5.91 Å². The zero-order valence-corrected chi connectivity index (χ0v) is 13.3. The summed E-state index contributed by atoms with van der Waals surface area (Å²) in [4.78, 5) is 23.1. The summed E-state index contributed by atoms with van der Waals surface area (Å²) in [6.45, 7) is 2.26. The van der Waals surface area contributed by atoms with Crippen molar-refractivity contribution in [3.63, 3.8) is 0 Å². The summed E-state index contributed by atoms with van der Waals surface area (Å²) < 4.78 is 5.67. The SMILES string of the molecule is CC(=O)NCc1ccc(C(=O)NCc2cc3ccccc3o2)cc1. The van der Waals surface area contributed by atoms with Crippen molar-refractivity contribution in [3.05, 3.63) is 71.5 Å². The lowest BCUT2D eigenvalue weighted by molar-refractivity contribution is -0.119. The Kier molecular flexibility index (Phi) is 4.61. The van der Waals surface area contributed by atoms with Gasteiger partial charge in [-0.3, -0.25) is 9.59 Å². The number of para-hydroxylation sites is 1. The van der Waals surface area contributed by atoms with E-state index in [-0.39, 0.29) is 11.8 Å². The van der Waals surface area contributed by atoms with Crippen LogP contribution in [0.2, 0.25) is 0 Å². The van der Waals surface area contributed by atoms with E-state index in [1.54, 1.807) is 12.1 Å². The number of rotatable bonds is 5. The predicted octanol–water partition coefficient (Wildman–Crippen LogP) is 3.00. The van der Waals surface area contributed by atoms with Crippen LogP contribution in [0.1, 0.15) is 28.6 Å². The summed E-state index contributed by atoms with van der Waals surface area (Å²) in [5.74, 6) is 0.469. The van der Waals surface area contributed by atoms with Crippen molar-refractivity contribution in [1.82, 2.24) is 10.6 Å². The van der Waals surface area contributed by atoms with E-state index >= 15 is 0 Å². The molecule has 0 radical (unpaired) electrons. The van der Waals surface area contributed by atoms with E-state index < -0.39 is 0 Å². The molecule has 0 aliphatic heterocycles. The van der Waals surface area contributed by atoms with Crippen molar-refractivity contribution < 1.29 is 14.0 Å². The first-order valence-corrected chi connectivity index (χ1v) is 7.71. The molecule has 5 heteroatoms. The van der Waals surface area contributed by atoms with Crippen LogP contribution in [-0.4, -0.2) is 11.8 Å². The molecule has 0 saturated heterocycles. The second-order valence-electron chi connectivity index (χ2n) is 5.54. The van der Waals surface area contributed by atoms with Gasteiger partial charge in [0.05, 0.1) is 6.54 Å². The summed E-state index contributed by atoms with van der Waals surface area (Å²) in [6, 6.07) is 16.8. The minimum absolute atomic E-state index is 0.0809. The van der Waals surface area contributed by atoms with Gasteiger partial charge in [0.1, 0.15) is 11.3 Å². The quantitative estimate of drug-likeness (QED) is 0.758. The van der Waals surface area contributed by atoms with Crippen molar-refractivity contribution in [3.8, 4) is 0 Å². The van der Waals surface area contributed by atoms with E-state index in [1.807, 2.05) is 42.5 Å². The second kappa shape index (κ2) is 7.00. The molecule has 3 aromatic rings. The van der Waals surface area contributed by atoms with E-state index in [1.165, 1.54) is 6.92 Å². The van der Waals surface area contributed by atoms with Gasteiger partial charge < -0.3 is 15.1 Å². The Morgan fingerprint density at radius 3 is 2.42 bits per heavy atom. The molecule has 0 aliphatic rings. The van der Waals surface area contributed by atoms with Crippen molar-refractivity contribution in [2.24, 2.45) is 0 Å². The third-order valence-electron chi connectivity index (χ3n) is 3.66. The van der Waals surface area contributed by atoms with Crippen LogP contribution in [0.4, 0.5) is 0 Å². The molecule has 2 aromatic carbocycles. The van der Waals surface area contributed by atoms with Gasteiger partial charge in [0.25, 0.3) is 5.91 Å². The maximum absolute atomic E-state index is 12.2. The van der Waals surface area contributed by atoms with E-state index in [4.69, 9.17) is 4.42 Å². The smallest absolute Gasteiger partial charge is 0.251 e. The van der Waals surface area contributed by atoms with Crippen LogP contribution in [-0.2, 0) is 17.9 Å². The lowest BCUT2D eigenvalue weighted by atomic mass is 10.1. The number of amides is 2. The number of benzene rings is 2. The molecule has 0 unspecified atom stereocenters. The van der Waals surface area contributed by atoms with Crippen LogP contribution in [0.3, 0.4) is 0 Å². The lowest BCUT2D eigenvalue weighted by Gasteiger charge is -2.05. The molecule has 2 N–H and O–H groups in total. The maximum Gasteiger partial charge on any atom is 0.251 e. The van der Waals surface area contributed by atoms with E-state index in [0.717, 1.165) is 16.5 Å². The molecular formula is C19H18N2O3. The Balaban J connectivity index is 1.59. The fraction of sp³-hybridized carbons (Fsp3) is 0.158. The fourth-order valence-electron chi connectivity index (χ4n) is 2.39. The average Bonchev–Trinajstić information content (AvgIpc) is 3.01. The summed E-state index contributed by atoms with van der Waals surface area (Å²) in [5, 5.41) is 6.58. The van der Waals surface area contributed by atoms with E-state index in [0.29, 0.717) is 24.4 Å². The van der Waals surface area contributed by atoms with Gasteiger partial charge >= 0.3 is 0 Å². The van der Waals surface area contributed by atoms with Crippen molar-refractivity contribution in [2.45, 2.75) is 20.0 Å². The first kappa shape index (κ1) is 15.8. The number of furan rings is 1. The molecule has 0 bridgehead atoms. The summed E-state index contributed by atoms with van der Waals surface area (Å²) in [7, 11) is 0. The van der Waals surface area contributed by atoms with Crippen LogP contribution < -0.4 is 10.6 Å². The minimum atomic E-state index is -0.165. The van der Waals surface area contributed by atoms with Crippen molar-refractivity contribution in [2.75, 3.05) is 0 Å². The van der Waals surface area contributed by atoms with Gasteiger partial charge in [-0.05, 0) is 29.8 Å². The molecule has 0 fully saturated rings. The highest BCUT2D eigenvalue weighted by molar-refractivity contribution is 5.94. The monoisotopic (exact) mass is 322 g/mol. The third kappa shape index (κ3) is 3.81. The number of hydrogen-bond donors (Lipinski definition) is 2. The lowest BCUT2D eigenvalue weighted by Crippen LogP contribution is -2.22. The molecule has 24 heavy (non-hydrogen) atoms. The Bertz CT molecular complexity index is 833. The molecule has 0 saturated carbocycles. The molecule has 1 heterocycles. The molecule has 2 amide bonds. The van der Waals surface area contributed by atoms with Crippen LogP contribution >= 0.6 is 0 Å². The normalized spacial score (nSPS) is 10.5. The molecule has 5 nitrogen and oxygen atoms in total. The number of carbonyl (C=O) groups excluding carboxylic acids is 2. The second-order valence-corrected chi connectivity index (χ2v) is 5.54. The largest absolute Gasteiger partial charge is 0.459 e. The van der Waals surface area contributed by atoms with Crippen LogP contribution in [0.25, 0.3) is 11.0 Å². The number of fused-ring (bicyclic) bond motifs is 1. The van der Waals surface area contributed by atoms with Crippen molar-refractivity contribution in [1.29, 1.82) is 0 Å². The zero-order valence-electron chi connectivity index (χ0n) is 13.3. The Morgan fingerprint density at radius 2 is 1.71 bits per heavy atom. The Hall–Kier alpha value is -3.08. The maximum atomic E-state index is 12.2. The van der Waals surface area contributed by atoms with Crippen molar-refractivity contribution >= 4 is 22.8 Å². The topological polar surface area (TPSA) is 71.3 Å². The van der Waals surface area contributed by atoms with Gasteiger partial charge in [0.15, 0.2) is 0 Å². The molecular weight excluding hydrogens is 304 g/mol. The highest BCUT2D eigenvalue weighted by Gasteiger charge is 2.08. The van der Waals surface area contributed by atoms with Crippen LogP contribution in [0, 0.1) is 0 Å². The first-order valence-electron chi connectivity index (χ1n) is 7.71. The van der Waals surface area contributed by atoms with Gasteiger partial charge in [0, 0.05) is 24.4 Å². The number of nitrogens with one attached hydrogen (secondary N) is 2. The van der Waals surface area contributed by atoms with Crippen LogP contribution in [0.15, 0.2) is 59.0 Å². The fourth-order valence-corrected chi connectivity index (χ4v) is 2.39. The van der Waals surface area contributed by atoms with Crippen LogP contribution in [0.5, 0.6) is 0 Å². The standard InChI is InChI=1S/C19H18N2O3/c1-13(22)20-11-14-6-8-15(9-7-14)19(23)21-12-17-10-16-4-2-3-5-18(16)24-17/h2-10H,11-12H2,1H3,(H,20,22)(H,21,23). The molecule has 122 valence electrons. The Morgan fingerprint density at radius 1 is 0.958 bits per heavy atom. The highest BCUT2D eigenvalue weighted by Crippen LogP contribution is 2.18. The molecule has 0 spiro atoms. The molecule has 0 atom stereocenters. The third-order valence-corrected chi connectivity index (χ3v) is 3.66. The summed E-state index contributed by atoms with van der Waals surface area (Å²) in [5.41, 5.74) is 2.32. The first-order chi connectivity index (χ1) is 11.6. The average molecular weight is 322 g/mol. The minimum Gasteiger partial charge on any atom is -0.459 e. The van der Waals surface area contributed by atoms with Gasteiger partial charge in [-0.25, -0.2) is 0 Å². The molecule has 1 aromatic heterocycles. The van der Waals surface area contributed by atoms with Gasteiger partial charge in [-0.2, -0.15) is 0 Å². The molecule has 0 aliphatic carbocycles. The van der Waals surface area contributed by atoms with E-state index in [2.05, 4.69) is 10.6 Å². The highest BCUT2D eigenvalue weighted by atomic mass is 16.3. The van der Waals surface area contributed by atoms with E-state index in [9.17, 15) is 9.59 Å². The number of hydrogen-bond acceptors (Lipinski definition) is 3. The van der Waals surface area contributed by atoms with Gasteiger partial charge in [-0.15, -0.1) is 0 Å².